The Morgan fingerprint density at radius 1 is 0.359 bits per heavy atom. The van der Waals surface area contributed by atoms with Crippen molar-refractivity contribution in [2.24, 2.45) is 0 Å². The Morgan fingerprint density at radius 2 is 0.875 bits per heavy atom. The molecular formula is C57H35N7. The van der Waals surface area contributed by atoms with Gasteiger partial charge in [0.25, 0.3) is 0 Å². The summed E-state index contributed by atoms with van der Waals surface area (Å²) in [6.45, 7) is 0. The fourth-order valence-electron chi connectivity index (χ4n) is 9.15. The van der Waals surface area contributed by atoms with Crippen LogP contribution in [-0.2, 0) is 0 Å². The van der Waals surface area contributed by atoms with E-state index in [-0.39, 0.29) is 0 Å². The van der Waals surface area contributed by atoms with Gasteiger partial charge < -0.3 is 9.13 Å². The van der Waals surface area contributed by atoms with Crippen molar-refractivity contribution >= 4 is 43.6 Å². The summed E-state index contributed by atoms with van der Waals surface area (Å²) in [6.07, 6.45) is 3.58. The van der Waals surface area contributed by atoms with Crippen molar-refractivity contribution in [3.8, 4) is 73.9 Å². The van der Waals surface area contributed by atoms with Crippen LogP contribution in [0, 0.1) is 11.3 Å². The van der Waals surface area contributed by atoms with Crippen LogP contribution >= 0.6 is 0 Å². The summed E-state index contributed by atoms with van der Waals surface area (Å²) in [6, 6.07) is 71.6. The second-order valence-corrected chi connectivity index (χ2v) is 15.8. The quantitative estimate of drug-likeness (QED) is 0.160. The first-order chi connectivity index (χ1) is 31.7. The summed E-state index contributed by atoms with van der Waals surface area (Å²) in [5.41, 5.74) is 13.7. The van der Waals surface area contributed by atoms with E-state index in [0.29, 0.717) is 23.0 Å². The molecule has 12 rings (SSSR count). The number of nitriles is 1. The number of hydrogen-bond donors (Lipinski definition) is 0. The van der Waals surface area contributed by atoms with E-state index in [2.05, 4.69) is 135 Å². The van der Waals surface area contributed by atoms with Crippen molar-refractivity contribution in [1.82, 2.24) is 29.1 Å². The molecule has 0 fully saturated rings. The Bertz CT molecular complexity index is 3680. The van der Waals surface area contributed by atoms with Crippen molar-refractivity contribution in [3.63, 3.8) is 0 Å². The van der Waals surface area contributed by atoms with E-state index in [1.807, 2.05) is 84.9 Å². The van der Waals surface area contributed by atoms with E-state index in [0.717, 1.165) is 83.2 Å². The summed E-state index contributed by atoms with van der Waals surface area (Å²) < 4.78 is 4.66. The normalized spacial score (nSPS) is 11.4. The Balaban J connectivity index is 1.11. The van der Waals surface area contributed by atoms with E-state index in [4.69, 9.17) is 15.0 Å². The summed E-state index contributed by atoms with van der Waals surface area (Å²) in [5, 5.41) is 14.5. The number of fused-ring (bicyclic) bond motifs is 6. The van der Waals surface area contributed by atoms with Gasteiger partial charge in [-0.05, 0) is 95.6 Å². The van der Waals surface area contributed by atoms with Gasteiger partial charge in [0.1, 0.15) is 0 Å². The molecule has 64 heavy (non-hydrogen) atoms. The van der Waals surface area contributed by atoms with Gasteiger partial charge in [0.15, 0.2) is 17.5 Å². The van der Waals surface area contributed by atoms with E-state index in [1.165, 1.54) is 10.8 Å². The molecule has 0 atom stereocenters. The van der Waals surface area contributed by atoms with Gasteiger partial charge in [-0.1, -0.05) is 121 Å². The maximum atomic E-state index is 9.94. The molecule has 4 aromatic heterocycles. The highest BCUT2D eigenvalue weighted by atomic mass is 15.0. The zero-order valence-electron chi connectivity index (χ0n) is 34.3. The second-order valence-electron chi connectivity index (χ2n) is 15.8. The molecule has 298 valence electrons. The number of rotatable bonds is 7. The average molecular weight is 818 g/mol. The minimum absolute atomic E-state index is 0.582. The third-order valence-corrected chi connectivity index (χ3v) is 12.1. The van der Waals surface area contributed by atoms with Gasteiger partial charge in [0, 0.05) is 61.9 Å². The molecule has 0 saturated heterocycles. The molecule has 7 nitrogen and oxygen atoms in total. The van der Waals surface area contributed by atoms with E-state index in [1.54, 1.807) is 12.4 Å². The summed E-state index contributed by atoms with van der Waals surface area (Å²) >= 11 is 0. The van der Waals surface area contributed by atoms with E-state index >= 15 is 0 Å². The van der Waals surface area contributed by atoms with Crippen LogP contribution in [0.3, 0.4) is 0 Å². The molecule has 0 radical (unpaired) electrons. The molecule has 0 spiro atoms. The molecule has 12 aromatic rings. The molecule has 0 bridgehead atoms. The van der Waals surface area contributed by atoms with Crippen LogP contribution in [0.1, 0.15) is 5.56 Å². The van der Waals surface area contributed by atoms with Crippen molar-refractivity contribution in [1.29, 1.82) is 5.26 Å². The second kappa shape index (κ2) is 15.2. The SMILES string of the molecule is N#Cc1ccc(-n2c3ccccc3c3cc(-c4cc(-c5nc(-c6ccccc6)nc(-c6ccccc6)n5)cc(-n5c6ccccc6c6ccccc65)c4)ccc32)c(-c2ccncc2)c1. The van der Waals surface area contributed by atoms with Crippen LogP contribution in [0.4, 0.5) is 0 Å². The highest BCUT2D eigenvalue weighted by Crippen LogP contribution is 2.41. The molecular weight excluding hydrogens is 783 g/mol. The zero-order valence-corrected chi connectivity index (χ0v) is 34.3. The highest BCUT2D eigenvalue weighted by Gasteiger charge is 2.20. The summed E-state index contributed by atoms with van der Waals surface area (Å²) in [7, 11) is 0. The van der Waals surface area contributed by atoms with Gasteiger partial charge in [-0.15, -0.1) is 0 Å². The number of nitrogens with zero attached hydrogens (tertiary/aromatic N) is 7. The number of para-hydroxylation sites is 3. The van der Waals surface area contributed by atoms with Crippen LogP contribution in [0.2, 0.25) is 0 Å². The van der Waals surface area contributed by atoms with Gasteiger partial charge in [0.2, 0.25) is 0 Å². The zero-order chi connectivity index (χ0) is 42.6. The van der Waals surface area contributed by atoms with Crippen LogP contribution in [-0.4, -0.2) is 29.1 Å². The first kappa shape index (κ1) is 36.8. The number of pyridine rings is 1. The lowest BCUT2D eigenvalue weighted by molar-refractivity contribution is 1.07. The molecule has 0 aliphatic heterocycles. The maximum absolute atomic E-state index is 9.94. The number of hydrogen-bond acceptors (Lipinski definition) is 5. The van der Waals surface area contributed by atoms with Crippen LogP contribution in [0.15, 0.2) is 213 Å². The Labute approximate surface area is 368 Å². The van der Waals surface area contributed by atoms with Gasteiger partial charge in [-0.2, -0.15) is 5.26 Å². The summed E-state index contributed by atoms with van der Waals surface area (Å²) in [5.74, 6) is 1.80. The molecule has 7 heteroatoms. The topological polar surface area (TPSA) is 85.2 Å². The molecule has 0 N–H and O–H groups in total. The van der Waals surface area contributed by atoms with Crippen molar-refractivity contribution in [3.05, 3.63) is 218 Å². The van der Waals surface area contributed by atoms with Gasteiger partial charge in [0.05, 0.1) is 39.4 Å². The molecule has 4 heterocycles. The van der Waals surface area contributed by atoms with Gasteiger partial charge in [-0.25, -0.2) is 15.0 Å². The minimum atomic E-state index is 0.582. The van der Waals surface area contributed by atoms with Crippen LogP contribution in [0.5, 0.6) is 0 Å². The van der Waals surface area contributed by atoms with Gasteiger partial charge in [-0.3, -0.25) is 4.98 Å². The fourth-order valence-corrected chi connectivity index (χ4v) is 9.15. The Kier molecular flexibility index (Phi) is 8.73. The Morgan fingerprint density at radius 3 is 1.48 bits per heavy atom. The van der Waals surface area contributed by atoms with E-state index < -0.39 is 0 Å². The fraction of sp³-hybridized carbons (Fsp3) is 0. The predicted molar refractivity (Wildman–Crippen MR) is 258 cm³/mol. The predicted octanol–water partition coefficient (Wildman–Crippen LogP) is 13.7. The highest BCUT2D eigenvalue weighted by molar-refractivity contribution is 6.12. The number of benzene rings is 8. The first-order valence-corrected chi connectivity index (χ1v) is 21.2. The lowest BCUT2D eigenvalue weighted by atomic mass is 9.99. The Hall–Kier alpha value is -8.99. The third kappa shape index (κ3) is 6.21. The van der Waals surface area contributed by atoms with Crippen molar-refractivity contribution in [2.45, 2.75) is 0 Å². The largest absolute Gasteiger partial charge is 0.309 e. The lowest BCUT2D eigenvalue weighted by Gasteiger charge is -2.15. The smallest absolute Gasteiger partial charge is 0.164 e. The lowest BCUT2D eigenvalue weighted by Crippen LogP contribution is -2.02. The molecule has 0 aliphatic carbocycles. The molecule has 0 amide bonds. The number of aromatic nitrogens is 6. The summed E-state index contributed by atoms with van der Waals surface area (Å²) in [4.78, 5) is 19.7. The average Bonchev–Trinajstić information content (AvgIpc) is 3.89. The van der Waals surface area contributed by atoms with Crippen molar-refractivity contribution in [2.75, 3.05) is 0 Å². The minimum Gasteiger partial charge on any atom is -0.309 e. The van der Waals surface area contributed by atoms with Gasteiger partial charge >= 0.3 is 0 Å². The standard InChI is InChI=1S/C57H35N7/c58-36-37-23-25-53(48(31-37)38-27-29-59-30-28-38)64-52-22-12-9-19-47(52)49-35-41(24-26-54(49)64)42-32-43(34-44(33-42)63-50-20-10-7-17-45(50)46-18-8-11-21-51(46)63)57-61-55(39-13-3-1-4-14-39)60-56(62-57)40-15-5-2-6-16-40/h1-35H. The molecule has 0 aliphatic rings. The van der Waals surface area contributed by atoms with Crippen LogP contribution < -0.4 is 0 Å². The van der Waals surface area contributed by atoms with Crippen LogP contribution in [0.25, 0.3) is 111 Å². The molecule has 0 saturated carbocycles. The third-order valence-electron chi connectivity index (χ3n) is 12.1. The van der Waals surface area contributed by atoms with E-state index in [9.17, 15) is 5.26 Å². The molecule has 8 aromatic carbocycles. The monoisotopic (exact) mass is 817 g/mol. The van der Waals surface area contributed by atoms with Crippen molar-refractivity contribution < 1.29 is 0 Å². The first-order valence-electron chi connectivity index (χ1n) is 21.2. The molecule has 0 unspecified atom stereocenters. The maximum Gasteiger partial charge on any atom is 0.164 e.